The fourth-order valence-electron chi connectivity index (χ4n) is 2.10. The van der Waals surface area contributed by atoms with E-state index < -0.39 is 0 Å². The quantitative estimate of drug-likeness (QED) is 0.705. The van der Waals surface area contributed by atoms with Gasteiger partial charge >= 0.3 is 0 Å². The molecule has 2 nitrogen and oxygen atoms in total. The number of benzene rings is 1. The lowest BCUT2D eigenvalue weighted by molar-refractivity contribution is 0.305. The van der Waals surface area contributed by atoms with Gasteiger partial charge in [0.15, 0.2) is 0 Å². The van der Waals surface area contributed by atoms with Crippen molar-refractivity contribution in [3.63, 3.8) is 0 Å². The van der Waals surface area contributed by atoms with E-state index in [2.05, 4.69) is 31.8 Å². The molecule has 0 spiro atoms. The summed E-state index contributed by atoms with van der Waals surface area (Å²) in [6, 6.07) is 9.68. The number of nitrogens with zero attached hydrogens (tertiary/aromatic N) is 1. The maximum Gasteiger partial charge on any atom is 0.137 e. The second kappa shape index (κ2) is 6.47. The van der Waals surface area contributed by atoms with Crippen molar-refractivity contribution in [2.24, 2.45) is 0 Å². The highest BCUT2D eigenvalue weighted by atomic mass is 35.5. The van der Waals surface area contributed by atoms with Crippen molar-refractivity contribution in [3.05, 3.63) is 57.3 Å². The smallest absolute Gasteiger partial charge is 0.137 e. The molecule has 1 aromatic heterocycles. The second-order valence-corrected chi connectivity index (χ2v) is 5.79. The standard InChI is InChI=1S/C16H17Cl2NO/c1-10(2)14-6-5-13(8-11(14)3)20-9-12-4-7-15(17)19-16(12)18/h4-8,10H,9H2,1-3H3. The molecule has 106 valence electrons. The molecule has 20 heavy (non-hydrogen) atoms. The number of aromatic nitrogens is 1. The van der Waals surface area contributed by atoms with E-state index in [0.29, 0.717) is 22.8 Å². The third-order valence-electron chi connectivity index (χ3n) is 3.15. The topological polar surface area (TPSA) is 22.1 Å². The first kappa shape index (κ1) is 15.1. The van der Waals surface area contributed by atoms with Gasteiger partial charge in [0.25, 0.3) is 0 Å². The van der Waals surface area contributed by atoms with E-state index in [9.17, 15) is 0 Å². The molecule has 0 amide bonds. The van der Waals surface area contributed by atoms with E-state index in [0.717, 1.165) is 11.3 Å². The number of hydrogen-bond donors (Lipinski definition) is 0. The highest BCUT2D eigenvalue weighted by molar-refractivity contribution is 6.32. The molecule has 0 atom stereocenters. The van der Waals surface area contributed by atoms with E-state index in [1.807, 2.05) is 18.2 Å². The minimum Gasteiger partial charge on any atom is -0.489 e. The maximum absolute atomic E-state index is 6.02. The van der Waals surface area contributed by atoms with Gasteiger partial charge in [-0.3, -0.25) is 0 Å². The van der Waals surface area contributed by atoms with Gasteiger partial charge in [0, 0.05) is 5.56 Å². The molecule has 0 unspecified atom stereocenters. The zero-order valence-electron chi connectivity index (χ0n) is 11.8. The van der Waals surface area contributed by atoms with Crippen LogP contribution in [0.1, 0.15) is 36.5 Å². The number of hydrogen-bond acceptors (Lipinski definition) is 2. The molecular formula is C16H17Cl2NO. The number of halogens is 2. The SMILES string of the molecule is Cc1cc(OCc2ccc(Cl)nc2Cl)ccc1C(C)C. The van der Waals surface area contributed by atoms with Crippen molar-refractivity contribution >= 4 is 23.2 Å². The zero-order valence-corrected chi connectivity index (χ0v) is 13.3. The molecule has 1 heterocycles. The molecular weight excluding hydrogens is 293 g/mol. The van der Waals surface area contributed by atoms with Gasteiger partial charge in [-0.25, -0.2) is 4.98 Å². The molecule has 0 bridgehead atoms. The van der Waals surface area contributed by atoms with Crippen molar-refractivity contribution < 1.29 is 4.74 Å². The molecule has 2 rings (SSSR count). The Morgan fingerprint density at radius 3 is 2.50 bits per heavy atom. The molecule has 0 N–H and O–H groups in total. The van der Waals surface area contributed by atoms with Crippen molar-refractivity contribution in [1.29, 1.82) is 0 Å². The van der Waals surface area contributed by atoms with Gasteiger partial charge in [-0.2, -0.15) is 0 Å². The van der Waals surface area contributed by atoms with Crippen molar-refractivity contribution in [3.8, 4) is 5.75 Å². The Morgan fingerprint density at radius 1 is 1.15 bits per heavy atom. The van der Waals surface area contributed by atoms with Gasteiger partial charge in [0.2, 0.25) is 0 Å². The molecule has 0 aliphatic carbocycles. The van der Waals surface area contributed by atoms with Crippen molar-refractivity contribution in [2.45, 2.75) is 33.3 Å². The predicted molar refractivity (Wildman–Crippen MR) is 83.9 cm³/mol. The summed E-state index contributed by atoms with van der Waals surface area (Å²) >= 11 is 11.8. The molecule has 0 saturated heterocycles. The Balaban J connectivity index is 2.09. The summed E-state index contributed by atoms with van der Waals surface area (Å²) in [5, 5.41) is 0.768. The molecule has 1 aromatic carbocycles. The summed E-state index contributed by atoms with van der Waals surface area (Å²) in [7, 11) is 0. The Kier molecular flexibility index (Phi) is 4.90. The van der Waals surface area contributed by atoms with Crippen LogP contribution in [0.4, 0.5) is 0 Å². The average Bonchev–Trinajstić information content (AvgIpc) is 2.37. The second-order valence-electron chi connectivity index (χ2n) is 5.05. The average molecular weight is 310 g/mol. The minimum atomic E-state index is 0.378. The zero-order chi connectivity index (χ0) is 14.7. The van der Waals surface area contributed by atoms with Crippen LogP contribution in [-0.2, 0) is 6.61 Å². The van der Waals surface area contributed by atoms with Crippen molar-refractivity contribution in [1.82, 2.24) is 4.98 Å². The maximum atomic E-state index is 6.02. The number of ether oxygens (including phenoxy) is 1. The molecule has 0 fully saturated rings. The Bertz CT molecular complexity index is 611. The van der Waals surface area contributed by atoms with E-state index in [1.165, 1.54) is 11.1 Å². The summed E-state index contributed by atoms with van der Waals surface area (Å²) in [6.45, 7) is 6.84. The molecule has 0 aliphatic rings. The highest BCUT2D eigenvalue weighted by Gasteiger charge is 2.07. The van der Waals surface area contributed by atoms with Gasteiger partial charge < -0.3 is 4.74 Å². The molecule has 0 aliphatic heterocycles. The van der Waals surface area contributed by atoms with E-state index in [4.69, 9.17) is 27.9 Å². The first-order valence-corrected chi connectivity index (χ1v) is 7.27. The first-order chi connectivity index (χ1) is 9.47. The van der Waals surface area contributed by atoms with Gasteiger partial charge in [-0.15, -0.1) is 0 Å². The van der Waals surface area contributed by atoms with Crippen LogP contribution in [0.2, 0.25) is 10.3 Å². The van der Waals surface area contributed by atoms with Gasteiger partial charge in [-0.1, -0.05) is 43.1 Å². The molecule has 2 aromatic rings. The van der Waals surface area contributed by atoms with Crippen molar-refractivity contribution in [2.75, 3.05) is 0 Å². The van der Waals surface area contributed by atoms with Crippen LogP contribution in [-0.4, -0.2) is 4.98 Å². The fraction of sp³-hybridized carbons (Fsp3) is 0.312. The number of aryl methyl sites for hydroxylation is 1. The first-order valence-electron chi connectivity index (χ1n) is 6.51. The monoisotopic (exact) mass is 309 g/mol. The Labute approximate surface area is 129 Å². The van der Waals surface area contributed by atoms with E-state index >= 15 is 0 Å². The third kappa shape index (κ3) is 3.65. The third-order valence-corrected chi connectivity index (χ3v) is 3.69. The van der Waals surface area contributed by atoms with Crippen LogP contribution in [0.5, 0.6) is 5.75 Å². The van der Waals surface area contributed by atoms with Gasteiger partial charge in [0.1, 0.15) is 22.7 Å². The largest absolute Gasteiger partial charge is 0.489 e. The fourth-order valence-corrected chi connectivity index (χ4v) is 2.49. The lowest BCUT2D eigenvalue weighted by Crippen LogP contribution is -1.99. The molecule has 0 saturated carbocycles. The van der Waals surface area contributed by atoms with Crippen LogP contribution >= 0.6 is 23.2 Å². The lowest BCUT2D eigenvalue weighted by atomic mass is 9.98. The molecule has 4 heteroatoms. The van der Waals surface area contributed by atoms with Crippen LogP contribution < -0.4 is 4.74 Å². The normalized spacial score (nSPS) is 10.9. The molecule has 0 radical (unpaired) electrons. The summed E-state index contributed by atoms with van der Waals surface area (Å²) in [5.41, 5.74) is 3.39. The van der Waals surface area contributed by atoms with Crippen LogP contribution in [0.3, 0.4) is 0 Å². The summed E-state index contributed by atoms with van der Waals surface area (Å²) in [6.07, 6.45) is 0. The van der Waals surface area contributed by atoms with Crippen LogP contribution in [0.15, 0.2) is 30.3 Å². The van der Waals surface area contributed by atoms with E-state index in [-0.39, 0.29) is 0 Å². The van der Waals surface area contributed by atoms with E-state index in [1.54, 1.807) is 6.07 Å². The Hall–Kier alpha value is -1.25. The van der Waals surface area contributed by atoms with Gasteiger partial charge in [-0.05, 0) is 48.2 Å². The Morgan fingerprint density at radius 2 is 1.90 bits per heavy atom. The number of pyridine rings is 1. The predicted octanol–water partition coefficient (Wildman–Crippen LogP) is 5.40. The summed E-state index contributed by atoms with van der Waals surface area (Å²) in [5.74, 6) is 1.34. The number of rotatable bonds is 4. The summed E-state index contributed by atoms with van der Waals surface area (Å²) in [4.78, 5) is 3.99. The van der Waals surface area contributed by atoms with Gasteiger partial charge in [0.05, 0.1) is 0 Å². The lowest BCUT2D eigenvalue weighted by Gasteiger charge is -2.12. The van der Waals surface area contributed by atoms with Crippen LogP contribution in [0.25, 0.3) is 0 Å². The highest BCUT2D eigenvalue weighted by Crippen LogP contribution is 2.25. The minimum absolute atomic E-state index is 0.378. The van der Waals surface area contributed by atoms with Crippen LogP contribution in [0, 0.1) is 6.92 Å². The summed E-state index contributed by atoms with van der Waals surface area (Å²) < 4.78 is 5.76.